The molecule has 6 saturated carbocycles. The number of rotatable bonds is 1. The second-order valence-corrected chi connectivity index (χ2v) is 19.2. The molecule has 0 radical (unpaired) electrons. The van der Waals surface area contributed by atoms with Gasteiger partial charge in [-0.15, -0.1) is 0 Å². The van der Waals surface area contributed by atoms with Crippen molar-refractivity contribution in [3.8, 4) is 0 Å². The van der Waals surface area contributed by atoms with Gasteiger partial charge in [0.1, 0.15) is 6.10 Å². The summed E-state index contributed by atoms with van der Waals surface area (Å²) in [5, 5.41) is 63.6. The third-order valence-electron chi connectivity index (χ3n) is 16.7. The molecule has 0 amide bonds. The van der Waals surface area contributed by atoms with E-state index >= 15 is 0 Å². The molecule has 6 fully saturated rings. The van der Waals surface area contributed by atoms with Gasteiger partial charge in [0.15, 0.2) is 0 Å². The Morgan fingerprint density at radius 2 is 1.15 bits per heavy atom. The molecule has 300 valence electrons. The molecule has 53 heavy (non-hydrogen) atoms. The minimum Gasteiger partial charge on any atom is -0.870 e. The molecule has 0 bridgehead atoms. The van der Waals surface area contributed by atoms with Crippen molar-refractivity contribution in [2.75, 3.05) is 0 Å². The molecular weight excluding hydrogens is 683 g/mol. The fraction of sp³-hybridized carbons (Fsp3) is 0.884. The maximum atomic E-state index is 11.5. The van der Waals surface area contributed by atoms with Gasteiger partial charge in [-0.05, 0) is 135 Å². The van der Waals surface area contributed by atoms with Crippen LogP contribution in [0.5, 0.6) is 0 Å². The predicted octanol–water partition coefficient (Wildman–Crippen LogP) is 3.17. The van der Waals surface area contributed by atoms with Crippen molar-refractivity contribution in [1.29, 1.82) is 0 Å². The van der Waals surface area contributed by atoms with Gasteiger partial charge in [-0.2, -0.15) is 0 Å². The van der Waals surface area contributed by atoms with Crippen molar-refractivity contribution in [2.45, 2.75) is 176 Å². The number of hydrogen-bond acceptors (Lipinski definition) is 9. The van der Waals surface area contributed by atoms with Crippen molar-refractivity contribution >= 4 is 5.97 Å². The average molecular weight is 757 g/mol. The first-order valence-electron chi connectivity index (χ1n) is 19.6. The Morgan fingerprint density at radius 1 is 0.679 bits per heavy atom. The first kappa shape index (κ1) is 47.0. The third-order valence-corrected chi connectivity index (χ3v) is 16.7. The van der Waals surface area contributed by atoms with Crippen LogP contribution in [0.4, 0.5) is 0 Å². The van der Waals surface area contributed by atoms with Crippen molar-refractivity contribution < 1.29 is 75.2 Å². The quantitative estimate of drug-likeness (QED) is 0.133. The van der Waals surface area contributed by atoms with E-state index in [2.05, 4.69) is 40.7 Å². The minimum atomic E-state index is -0.674. The SMILES string of the molecule is C.C.CC(=O)O[C@@H]1CC2C3C(CC[C@]2(C)[C@H]1O)[C@@]1(C)CC[C@@H](C)CC1=C[C@@H]3O.C[C@]12CC[C@@H](O)CC1=C[C@H](O)C1C2CC[C@@]2(C)C1C[C@@H](O)[C@@H]2O.[Na+].[OH-]. The summed E-state index contributed by atoms with van der Waals surface area (Å²) in [5.74, 6) is 1.87. The van der Waals surface area contributed by atoms with Gasteiger partial charge in [0.05, 0.1) is 36.6 Å². The largest absolute Gasteiger partial charge is 1.00 e. The van der Waals surface area contributed by atoms with E-state index in [0.29, 0.717) is 37.0 Å². The van der Waals surface area contributed by atoms with E-state index in [0.717, 1.165) is 44.9 Å². The van der Waals surface area contributed by atoms with Gasteiger partial charge in [-0.1, -0.05) is 72.8 Å². The first-order chi connectivity index (χ1) is 22.9. The molecule has 8 rings (SSSR count). The molecule has 0 aromatic rings. The van der Waals surface area contributed by atoms with Crippen LogP contribution in [0.25, 0.3) is 0 Å². The third kappa shape index (κ3) is 7.35. The van der Waals surface area contributed by atoms with Crippen LogP contribution in [0.3, 0.4) is 0 Å². The Kier molecular flexibility index (Phi) is 14.6. The summed E-state index contributed by atoms with van der Waals surface area (Å²) in [6.45, 7) is 12.7. The summed E-state index contributed by atoms with van der Waals surface area (Å²) in [5.41, 5.74) is 2.38. The number of aliphatic hydroxyl groups is 6. The summed E-state index contributed by atoms with van der Waals surface area (Å²) < 4.78 is 5.46. The van der Waals surface area contributed by atoms with Crippen LogP contribution in [0.2, 0.25) is 0 Å². The molecule has 18 atom stereocenters. The number of esters is 1. The average Bonchev–Trinajstić information content (AvgIpc) is 3.42. The van der Waals surface area contributed by atoms with Gasteiger partial charge in [0.25, 0.3) is 0 Å². The van der Waals surface area contributed by atoms with Gasteiger partial charge in [-0.3, -0.25) is 4.79 Å². The molecule has 0 aromatic heterocycles. The molecule has 0 saturated heterocycles. The molecule has 7 N–H and O–H groups in total. The Balaban J connectivity index is 0.000000267. The van der Waals surface area contributed by atoms with E-state index in [-0.39, 0.29) is 107 Å². The summed E-state index contributed by atoms with van der Waals surface area (Å²) in [6, 6.07) is 0. The Bertz CT molecular complexity index is 1370. The number of hydrogen-bond donors (Lipinski definition) is 6. The standard InChI is InChI=1S/C22H34O4.C19H30O4.2CH4.Na.H2O/c1-12-5-7-21(3)14(9-12)10-17(24)19-15(21)6-8-22(4)16(19)11-18(20(22)25)26-13(2)23;1-18-5-3-11(20)7-10(18)8-14(21)16-12(18)4-6-19(2)13(16)9-15(22)17(19)23;;;;/h10,12,15-20,24-25H,5-9,11H2,1-4H3;8,11-17,20-23H,3-7,9H2,1-2H3;2*1H4;;1H2/q;;;;+1;/p-1/t12-,15?,16?,17+,18-,19?,20+,21+,22+;11-,12?,13?,14+,15-,16?,17+,18+,19+;;;;/m11..../s1. The molecule has 0 aliphatic heterocycles. The van der Waals surface area contributed by atoms with Crippen molar-refractivity contribution in [2.24, 2.45) is 63.1 Å². The summed E-state index contributed by atoms with van der Waals surface area (Å²) >= 11 is 0. The number of carbonyl (C=O) groups is 1. The number of fused-ring (bicyclic) bond motifs is 10. The van der Waals surface area contributed by atoms with E-state index in [9.17, 15) is 35.4 Å². The van der Waals surface area contributed by atoms with Gasteiger partial charge in [0.2, 0.25) is 0 Å². The summed E-state index contributed by atoms with van der Waals surface area (Å²) in [4.78, 5) is 11.5. The van der Waals surface area contributed by atoms with Gasteiger partial charge in [0, 0.05) is 12.3 Å². The number of aliphatic hydroxyl groups excluding tert-OH is 6. The monoisotopic (exact) mass is 757 g/mol. The second-order valence-electron chi connectivity index (χ2n) is 19.2. The van der Waals surface area contributed by atoms with Crippen molar-refractivity contribution in [3.05, 3.63) is 23.3 Å². The van der Waals surface area contributed by atoms with Crippen LogP contribution in [0.1, 0.15) is 133 Å². The zero-order valence-corrected chi connectivity index (χ0v) is 34.2. The maximum absolute atomic E-state index is 11.5. The normalized spacial score (nSPS) is 51.6. The Hall–Kier alpha value is -0.330. The van der Waals surface area contributed by atoms with Gasteiger partial charge >= 0.3 is 35.5 Å². The second kappa shape index (κ2) is 16.5. The zero-order chi connectivity index (χ0) is 35.4. The fourth-order valence-electron chi connectivity index (χ4n) is 13.7. The molecule has 9 nitrogen and oxygen atoms in total. The smallest absolute Gasteiger partial charge is 0.870 e. The number of carbonyl (C=O) groups excluding carboxylic acids is 1. The van der Waals surface area contributed by atoms with Crippen LogP contribution in [-0.4, -0.2) is 84.8 Å². The molecule has 8 aliphatic rings. The molecule has 0 aromatic carbocycles. The van der Waals surface area contributed by atoms with Gasteiger partial charge in [-0.25, -0.2) is 0 Å². The van der Waals surface area contributed by atoms with Crippen LogP contribution in [0, 0.1) is 63.1 Å². The van der Waals surface area contributed by atoms with E-state index < -0.39 is 36.6 Å². The van der Waals surface area contributed by atoms with Crippen LogP contribution in [0.15, 0.2) is 23.3 Å². The van der Waals surface area contributed by atoms with Crippen LogP contribution >= 0.6 is 0 Å². The molecular formula is C43H73NaO9. The van der Waals surface area contributed by atoms with Crippen molar-refractivity contribution in [1.82, 2.24) is 0 Å². The van der Waals surface area contributed by atoms with Crippen LogP contribution in [-0.2, 0) is 9.53 Å². The van der Waals surface area contributed by atoms with Crippen LogP contribution < -0.4 is 29.6 Å². The fourth-order valence-corrected chi connectivity index (χ4v) is 13.7. The van der Waals surface area contributed by atoms with E-state index in [1.807, 2.05) is 6.08 Å². The molecule has 6 unspecified atom stereocenters. The summed E-state index contributed by atoms with van der Waals surface area (Å²) in [7, 11) is 0. The van der Waals surface area contributed by atoms with Crippen molar-refractivity contribution in [3.63, 3.8) is 0 Å². The topological polar surface area (TPSA) is 178 Å². The first-order valence-corrected chi connectivity index (χ1v) is 19.6. The molecule has 8 aliphatic carbocycles. The Morgan fingerprint density at radius 3 is 1.68 bits per heavy atom. The minimum absolute atomic E-state index is 0. The van der Waals surface area contributed by atoms with E-state index in [1.54, 1.807) is 0 Å². The molecule has 0 heterocycles. The maximum Gasteiger partial charge on any atom is 1.00 e. The summed E-state index contributed by atoms with van der Waals surface area (Å²) in [6.07, 6.45) is 11.7. The number of allylic oxidation sites excluding steroid dienone is 1. The number of ether oxygens (including phenoxy) is 1. The molecule has 10 heteroatoms. The van der Waals surface area contributed by atoms with E-state index in [1.165, 1.54) is 30.9 Å². The predicted molar refractivity (Wildman–Crippen MR) is 201 cm³/mol. The Labute approximate surface area is 342 Å². The zero-order valence-electron chi connectivity index (χ0n) is 32.2. The molecule has 0 spiro atoms. The van der Waals surface area contributed by atoms with E-state index in [4.69, 9.17) is 4.74 Å². The van der Waals surface area contributed by atoms with Gasteiger partial charge < -0.3 is 40.9 Å².